The average molecular weight is 475 g/mol. The second-order valence-electron chi connectivity index (χ2n) is 5.70. The fourth-order valence-corrected chi connectivity index (χ4v) is 4.72. The summed E-state index contributed by atoms with van der Waals surface area (Å²) in [6, 6.07) is 28.9. The van der Waals surface area contributed by atoms with Crippen molar-refractivity contribution in [2.24, 2.45) is 0 Å². The summed E-state index contributed by atoms with van der Waals surface area (Å²) < 4.78 is 5.35. The third-order valence-corrected chi connectivity index (χ3v) is 7.47. The molecule has 3 aromatic rings. The van der Waals surface area contributed by atoms with Crippen LogP contribution in [0.5, 0.6) is 5.75 Å². The number of hydrogen-bond acceptors (Lipinski definition) is 2. The van der Waals surface area contributed by atoms with Gasteiger partial charge in [-0.3, -0.25) is 4.79 Å². The second kappa shape index (κ2) is 9.24. The first-order valence-corrected chi connectivity index (χ1v) is 11.0. The summed E-state index contributed by atoms with van der Waals surface area (Å²) in [4.78, 5) is 15.7. The zero-order valence-electron chi connectivity index (χ0n) is 14.5. The van der Waals surface area contributed by atoms with E-state index in [-0.39, 0.29) is 20.8 Å². The topological polar surface area (TPSA) is 26.3 Å². The van der Waals surface area contributed by atoms with Crippen molar-refractivity contribution in [1.29, 1.82) is 0 Å². The van der Waals surface area contributed by atoms with Crippen molar-refractivity contribution in [1.82, 2.24) is 0 Å². The Morgan fingerprint density at radius 2 is 1.31 bits per heavy atom. The molecule has 0 fully saturated rings. The lowest BCUT2D eigenvalue weighted by molar-refractivity contribution is -0.133. The summed E-state index contributed by atoms with van der Waals surface area (Å²) in [7, 11) is -0.188. The first-order chi connectivity index (χ1) is 12.7. The van der Waals surface area contributed by atoms with Gasteiger partial charge in [0.05, 0.1) is 10.9 Å². The highest BCUT2D eigenvalue weighted by molar-refractivity contribution is 14.1. The van der Waals surface area contributed by atoms with Crippen LogP contribution in [0.4, 0.5) is 0 Å². The summed E-state index contributed by atoms with van der Waals surface area (Å²) in [6.07, 6.45) is 0.767. The Labute approximate surface area is 171 Å². The van der Waals surface area contributed by atoms with Gasteiger partial charge in [-0.25, -0.2) is 0 Å². The van der Waals surface area contributed by atoms with Gasteiger partial charge in [-0.15, -0.1) is 0 Å². The molecule has 0 aliphatic carbocycles. The number of esters is 1. The lowest BCUT2D eigenvalue weighted by atomic mass is 10.3. The smallest absolute Gasteiger partial charge is 0.324 e. The maximum Gasteiger partial charge on any atom is 0.324 e. The van der Waals surface area contributed by atoms with Gasteiger partial charge in [-0.2, -0.15) is 0 Å². The van der Waals surface area contributed by atoms with Crippen molar-refractivity contribution in [3.63, 3.8) is 0 Å². The van der Waals surface area contributed by atoms with Crippen LogP contribution in [-0.4, -0.2) is 9.89 Å². The highest BCUT2D eigenvalue weighted by Gasteiger charge is 2.28. The van der Waals surface area contributed by atoms with E-state index < -0.39 is 0 Å². The number of alkyl halides is 1. The zero-order chi connectivity index (χ0) is 18.4. The molecule has 0 saturated heterocycles. The Hall–Kier alpha value is -1.79. The van der Waals surface area contributed by atoms with Gasteiger partial charge in [0.25, 0.3) is 0 Å². The molecular weight excluding hydrogens is 455 g/mol. The summed E-state index contributed by atoms with van der Waals surface area (Å²) in [5, 5.41) is 0. The molecule has 0 aliphatic heterocycles. The minimum absolute atomic E-state index is 0.115. The molecule has 0 heterocycles. The van der Waals surface area contributed by atoms with Crippen LogP contribution in [0.3, 0.4) is 0 Å². The number of carbonyl (C=O) groups excluding carboxylic acids is 1. The molecule has 132 valence electrons. The SMILES string of the molecule is CCC(I)C(=O)Oc1ccc([S+](c2ccccc2)c2ccccc2)cc1. The summed E-state index contributed by atoms with van der Waals surface area (Å²) >= 11 is 2.12. The molecule has 0 bridgehead atoms. The fourth-order valence-electron chi connectivity index (χ4n) is 2.51. The van der Waals surface area contributed by atoms with Gasteiger partial charge in [0.15, 0.2) is 14.7 Å². The number of rotatable bonds is 6. The summed E-state index contributed by atoms with van der Waals surface area (Å²) in [5.74, 6) is 0.407. The van der Waals surface area contributed by atoms with Crippen LogP contribution in [-0.2, 0) is 15.7 Å². The fraction of sp³-hybridized carbons (Fsp3) is 0.136. The van der Waals surface area contributed by atoms with E-state index in [0.29, 0.717) is 5.75 Å². The Balaban J connectivity index is 1.89. The van der Waals surface area contributed by atoms with Gasteiger partial charge in [-0.05, 0) is 55.0 Å². The van der Waals surface area contributed by atoms with Crippen molar-refractivity contribution < 1.29 is 9.53 Å². The molecule has 2 nitrogen and oxygen atoms in total. The van der Waals surface area contributed by atoms with E-state index in [1.54, 1.807) is 0 Å². The minimum Gasteiger partial charge on any atom is -0.426 e. The molecule has 26 heavy (non-hydrogen) atoms. The molecule has 3 aromatic carbocycles. The zero-order valence-corrected chi connectivity index (χ0v) is 17.4. The highest BCUT2D eigenvalue weighted by atomic mass is 127. The molecule has 1 unspecified atom stereocenters. The maximum atomic E-state index is 12.0. The Morgan fingerprint density at radius 1 is 0.846 bits per heavy atom. The predicted molar refractivity (Wildman–Crippen MR) is 115 cm³/mol. The number of hydrogen-bond donors (Lipinski definition) is 0. The number of carbonyl (C=O) groups is 1. The van der Waals surface area contributed by atoms with E-state index in [1.807, 2.05) is 31.2 Å². The molecule has 0 aliphatic rings. The van der Waals surface area contributed by atoms with Crippen molar-refractivity contribution >= 4 is 39.5 Å². The van der Waals surface area contributed by atoms with E-state index >= 15 is 0 Å². The Bertz CT molecular complexity index is 796. The van der Waals surface area contributed by atoms with Crippen molar-refractivity contribution in [3.8, 4) is 5.75 Å². The van der Waals surface area contributed by atoms with Crippen LogP contribution in [0, 0.1) is 0 Å². The summed E-state index contributed by atoms with van der Waals surface area (Å²) in [6.45, 7) is 1.98. The van der Waals surface area contributed by atoms with Crippen LogP contribution >= 0.6 is 22.6 Å². The van der Waals surface area contributed by atoms with Gasteiger partial charge < -0.3 is 4.74 Å². The third-order valence-electron chi connectivity index (χ3n) is 3.85. The Kier molecular flexibility index (Phi) is 6.74. The molecule has 4 heteroatoms. The second-order valence-corrected chi connectivity index (χ2v) is 9.23. The maximum absolute atomic E-state index is 12.0. The normalized spacial score (nSPS) is 12.0. The predicted octanol–water partition coefficient (Wildman–Crippen LogP) is 5.90. The standard InChI is InChI=1S/C22H20IO2S/c1-2-21(23)22(24)25-17-13-15-20(16-14-17)26(18-9-5-3-6-10-18)19-11-7-4-8-12-19/h3-16,21H,2H2,1H3/q+1. The van der Waals surface area contributed by atoms with Gasteiger partial charge in [0, 0.05) is 0 Å². The van der Waals surface area contributed by atoms with Crippen LogP contribution in [0.2, 0.25) is 0 Å². The molecule has 0 spiro atoms. The number of benzene rings is 3. The largest absolute Gasteiger partial charge is 0.426 e. The van der Waals surface area contributed by atoms with Crippen LogP contribution in [0.15, 0.2) is 99.6 Å². The van der Waals surface area contributed by atoms with Crippen molar-refractivity contribution in [3.05, 3.63) is 84.9 Å². The minimum atomic E-state index is -0.189. The first-order valence-electron chi connectivity index (χ1n) is 8.49. The van der Waals surface area contributed by atoms with Crippen molar-refractivity contribution in [2.75, 3.05) is 0 Å². The highest BCUT2D eigenvalue weighted by Crippen LogP contribution is 2.32. The molecule has 0 aromatic heterocycles. The van der Waals surface area contributed by atoms with Crippen LogP contribution < -0.4 is 4.74 Å². The first kappa shape index (κ1) is 19.0. The van der Waals surface area contributed by atoms with E-state index in [4.69, 9.17) is 4.74 Å². The van der Waals surface area contributed by atoms with E-state index in [1.165, 1.54) is 14.7 Å². The van der Waals surface area contributed by atoms with Gasteiger partial charge in [0.1, 0.15) is 9.67 Å². The van der Waals surface area contributed by atoms with E-state index in [0.717, 1.165) is 6.42 Å². The molecule has 0 amide bonds. The Morgan fingerprint density at radius 3 is 1.77 bits per heavy atom. The molecule has 3 rings (SSSR count). The van der Waals surface area contributed by atoms with E-state index in [9.17, 15) is 4.79 Å². The van der Waals surface area contributed by atoms with Gasteiger partial charge in [0.2, 0.25) is 0 Å². The van der Waals surface area contributed by atoms with Crippen molar-refractivity contribution in [2.45, 2.75) is 32.0 Å². The quantitative estimate of drug-likeness (QED) is 0.146. The van der Waals surface area contributed by atoms with Gasteiger partial charge >= 0.3 is 5.97 Å². The lowest BCUT2D eigenvalue weighted by Crippen LogP contribution is -2.19. The van der Waals surface area contributed by atoms with Crippen LogP contribution in [0.25, 0.3) is 0 Å². The van der Waals surface area contributed by atoms with E-state index in [2.05, 4.69) is 83.3 Å². The molecular formula is C22H20IO2S+. The molecule has 1 atom stereocenters. The van der Waals surface area contributed by atoms with Gasteiger partial charge in [-0.1, -0.05) is 65.9 Å². The summed E-state index contributed by atoms with van der Waals surface area (Å²) in [5.41, 5.74) is 0. The molecule has 0 saturated carbocycles. The lowest BCUT2D eigenvalue weighted by Gasteiger charge is -2.10. The molecule has 0 radical (unpaired) electrons. The third kappa shape index (κ3) is 4.68. The number of ether oxygens (including phenoxy) is 1. The van der Waals surface area contributed by atoms with Crippen LogP contribution in [0.1, 0.15) is 13.3 Å². The average Bonchev–Trinajstić information content (AvgIpc) is 2.70. The molecule has 0 N–H and O–H groups in total. The number of halogens is 1. The monoisotopic (exact) mass is 475 g/mol.